The van der Waals surface area contributed by atoms with Crippen LogP contribution in [0.15, 0.2) is 24.5 Å². The van der Waals surface area contributed by atoms with Crippen LogP contribution in [0.5, 0.6) is 0 Å². The van der Waals surface area contributed by atoms with Gasteiger partial charge in [0.25, 0.3) is 0 Å². The molecule has 0 radical (unpaired) electrons. The Balaban J connectivity index is 2.17. The second-order valence-corrected chi connectivity index (χ2v) is 8.08. The van der Waals surface area contributed by atoms with Crippen molar-refractivity contribution in [3.05, 3.63) is 30.1 Å². The SMILES string of the molecule is CC(=O)CC(C(=O)NC(C(=O)CCC(C)C)C1CCOCC1)c1cccnc1. The molecule has 6 heteroatoms. The molecule has 1 saturated heterocycles. The average molecular weight is 389 g/mol. The van der Waals surface area contributed by atoms with Gasteiger partial charge < -0.3 is 10.1 Å². The predicted molar refractivity (Wildman–Crippen MR) is 107 cm³/mol. The number of amides is 1. The van der Waals surface area contributed by atoms with Crippen LogP contribution in [0.2, 0.25) is 0 Å². The standard InChI is InChI=1S/C22H32N2O4/c1-15(2)6-7-20(26)21(17-8-11-28-12-9-17)24-22(27)19(13-16(3)25)18-5-4-10-23-14-18/h4-5,10,14-15,17,19,21H,6-9,11-13H2,1-3H3,(H,24,27). The van der Waals surface area contributed by atoms with Crippen LogP contribution in [-0.2, 0) is 19.1 Å². The molecule has 2 heterocycles. The number of carbonyl (C=O) groups is 3. The third-order valence-electron chi connectivity index (χ3n) is 5.24. The average Bonchev–Trinajstić information content (AvgIpc) is 2.69. The van der Waals surface area contributed by atoms with E-state index in [1.807, 2.05) is 0 Å². The summed E-state index contributed by atoms with van der Waals surface area (Å²) in [5, 5.41) is 2.99. The van der Waals surface area contributed by atoms with Crippen LogP contribution in [0, 0.1) is 11.8 Å². The van der Waals surface area contributed by atoms with Gasteiger partial charge in [0.1, 0.15) is 5.78 Å². The Labute approximate surface area is 167 Å². The number of hydrogen-bond acceptors (Lipinski definition) is 5. The number of pyridine rings is 1. The number of ketones is 2. The normalized spacial score (nSPS) is 17.1. The first-order valence-corrected chi connectivity index (χ1v) is 10.2. The highest BCUT2D eigenvalue weighted by atomic mass is 16.5. The summed E-state index contributed by atoms with van der Waals surface area (Å²) in [6.45, 7) is 6.85. The van der Waals surface area contributed by atoms with E-state index in [2.05, 4.69) is 24.1 Å². The van der Waals surface area contributed by atoms with E-state index in [1.165, 1.54) is 6.92 Å². The second kappa shape index (κ2) is 11.1. The van der Waals surface area contributed by atoms with Gasteiger partial charge in [-0.05, 0) is 49.7 Å². The van der Waals surface area contributed by atoms with Gasteiger partial charge in [-0.1, -0.05) is 19.9 Å². The largest absolute Gasteiger partial charge is 0.381 e. The van der Waals surface area contributed by atoms with E-state index in [9.17, 15) is 14.4 Å². The molecule has 0 bridgehead atoms. The number of aromatic nitrogens is 1. The molecule has 0 aliphatic carbocycles. The molecule has 2 atom stereocenters. The molecule has 28 heavy (non-hydrogen) atoms. The molecule has 1 aromatic rings. The summed E-state index contributed by atoms with van der Waals surface area (Å²) in [5.74, 6) is -0.413. The van der Waals surface area contributed by atoms with Crippen LogP contribution in [-0.4, -0.2) is 41.7 Å². The minimum Gasteiger partial charge on any atom is -0.381 e. The predicted octanol–water partition coefficient (Wildman–Crippen LogP) is 3.06. The summed E-state index contributed by atoms with van der Waals surface area (Å²) >= 11 is 0. The van der Waals surface area contributed by atoms with Crippen molar-refractivity contribution < 1.29 is 19.1 Å². The van der Waals surface area contributed by atoms with Crippen LogP contribution >= 0.6 is 0 Å². The third-order valence-corrected chi connectivity index (χ3v) is 5.24. The molecule has 2 rings (SSSR count). The number of ether oxygens (including phenoxy) is 1. The molecule has 1 aromatic heterocycles. The first-order chi connectivity index (χ1) is 13.4. The zero-order valence-corrected chi connectivity index (χ0v) is 17.1. The number of carbonyl (C=O) groups excluding carboxylic acids is 3. The number of Topliss-reactive ketones (excluding diaryl/α,β-unsaturated/α-hetero) is 2. The van der Waals surface area contributed by atoms with Crippen molar-refractivity contribution in [1.82, 2.24) is 10.3 Å². The Morgan fingerprint density at radius 3 is 2.54 bits per heavy atom. The summed E-state index contributed by atoms with van der Waals surface area (Å²) in [6, 6.07) is 3.02. The number of nitrogens with one attached hydrogen (secondary N) is 1. The molecule has 1 amide bonds. The Morgan fingerprint density at radius 1 is 1.25 bits per heavy atom. The van der Waals surface area contributed by atoms with Crippen molar-refractivity contribution in [3.63, 3.8) is 0 Å². The molecular weight excluding hydrogens is 356 g/mol. The van der Waals surface area contributed by atoms with Gasteiger partial charge in [0.2, 0.25) is 5.91 Å². The van der Waals surface area contributed by atoms with Crippen LogP contribution in [0.3, 0.4) is 0 Å². The number of hydrogen-bond donors (Lipinski definition) is 1. The minimum atomic E-state index is -0.633. The summed E-state index contributed by atoms with van der Waals surface area (Å²) < 4.78 is 5.43. The maximum absolute atomic E-state index is 13.1. The van der Waals surface area contributed by atoms with E-state index in [0.29, 0.717) is 31.1 Å². The minimum absolute atomic E-state index is 0.0710. The van der Waals surface area contributed by atoms with Gasteiger partial charge in [-0.15, -0.1) is 0 Å². The van der Waals surface area contributed by atoms with Crippen molar-refractivity contribution >= 4 is 17.5 Å². The van der Waals surface area contributed by atoms with Gasteiger partial charge in [0.15, 0.2) is 5.78 Å². The molecule has 1 fully saturated rings. The van der Waals surface area contributed by atoms with Crippen molar-refractivity contribution in [3.8, 4) is 0 Å². The van der Waals surface area contributed by atoms with Gasteiger partial charge >= 0.3 is 0 Å². The lowest BCUT2D eigenvalue weighted by Gasteiger charge is -2.31. The molecule has 0 aromatic carbocycles. The molecule has 1 N–H and O–H groups in total. The number of rotatable bonds is 10. The lowest BCUT2D eigenvalue weighted by molar-refractivity contribution is -0.132. The van der Waals surface area contributed by atoms with Crippen molar-refractivity contribution in [2.24, 2.45) is 11.8 Å². The molecule has 6 nitrogen and oxygen atoms in total. The molecule has 154 valence electrons. The first kappa shape index (κ1) is 22.2. The lowest BCUT2D eigenvalue weighted by atomic mass is 9.85. The highest BCUT2D eigenvalue weighted by Crippen LogP contribution is 2.24. The summed E-state index contributed by atoms with van der Waals surface area (Å²) in [7, 11) is 0. The quantitative estimate of drug-likeness (QED) is 0.666. The zero-order chi connectivity index (χ0) is 20.5. The van der Waals surface area contributed by atoms with Crippen molar-refractivity contribution in [2.75, 3.05) is 13.2 Å². The first-order valence-electron chi connectivity index (χ1n) is 10.2. The van der Waals surface area contributed by atoms with Gasteiger partial charge in [0.05, 0.1) is 12.0 Å². The van der Waals surface area contributed by atoms with E-state index in [1.54, 1.807) is 24.5 Å². The van der Waals surface area contributed by atoms with E-state index < -0.39 is 12.0 Å². The summed E-state index contributed by atoms with van der Waals surface area (Å²) in [6.07, 6.45) is 6.09. The fraction of sp³-hybridized carbons (Fsp3) is 0.636. The zero-order valence-electron chi connectivity index (χ0n) is 17.1. The highest BCUT2D eigenvalue weighted by Gasteiger charge is 2.33. The molecule has 2 unspecified atom stereocenters. The Kier molecular flexibility index (Phi) is 8.77. The maximum atomic E-state index is 13.1. The van der Waals surface area contributed by atoms with Crippen molar-refractivity contribution in [2.45, 2.75) is 64.8 Å². The second-order valence-electron chi connectivity index (χ2n) is 8.08. The van der Waals surface area contributed by atoms with Crippen LogP contribution in [0.25, 0.3) is 0 Å². The topological polar surface area (TPSA) is 85.4 Å². The maximum Gasteiger partial charge on any atom is 0.228 e. The Morgan fingerprint density at radius 2 is 1.96 bits per heavy atom. The lowest BCUT2D eigenvalue weighted by Crippen LogP contribution is -2.49. The van der Waals surface area contributed by atoms with E-state index in [0.717, 1.165) is 19.3 Å². The third kappa shape index (κ3) is 6.82. The molecule has 0 saturated carbocycles. The van der Waals surface area contributed by atoms with E-state index in [4.69, 9.17) is 4.74 Å². The smallest absolute Gasteiger partial charge is 0.228 e. The Hall–Kier alpha value is -2.08. The van der Waals surface area contributed by atoms with Crippen LogP contribution in [0.1, 0.15) is 64.4 Å². The molecule has 0 spiro atoms. The molecular formula is C22H32N2O4. The molecule has 1 aliphatic heterocycles. The fourth-order valence-corrected chi connectivity index (χ4v) is 3.58. The van der Waals surface area contributed by atoms with Crippen LogP contribution < -0.4 is 5.32 Å². The van der Waals surface area contributed by atoms with Gasteiger partial charge in [-0.25, -0.2) is 0 Å². The fourth-order valence-electron chi connectivity index (χ4n) is 3.58. The van der Waals surface area contributed by atoms with Gasteiger partial charge in [-0.2, -0.15) is 0 Å². The highest BCUT2D eigenvalue weighted by molar-refractivity contribution is 5.94. The monoisotopic (exact) mass is 388 g/mol. The number of nitrogens with zero attached hydrogens (tertiary/aromatic N) is 1. The Bertz CT molecular complexity index is 654. The summed E-state index contributed by atoms with van der Waals surface area (Å²) in [4.78, 5) is 41.8. The van der Waals surface area contributed by atoms with Gasteiger partial charge in [-0.3, -0.25) is 19.4 Å². The summed E-state index contributed by atoms with van der Waals surface area (Å²) in [5.41, 5.74) is 0.690. The van der Waals surface area contributed by atoms with E-state index in [-0.39, 0.29) is 29.8 Å². The van der Waals surface area contributed by atoms with Gasteiger partial charge in [0, 0.05) is 38.4 Å². The van der Waals surface area contributed by atoms with Crippen molar-refractivity contribution in [1.29, 1.82) is 0 Å². The molecule has 1 aliphatic rings. The van der Waals surface area contributed by atoms with E-state index >= 15 is 0 Å². The van der Waals surface area contributed by atoms with Crippen LogP contribution in [0.4, 0.5) is 0 Å².